The Labute approximate surface area is 114 Å². The van der Waals surface area contributed by atoms with E-state index < -0.39 is 6.04 Å². The highest BCUT2D eigenvalue weighted by Crippen LogP contribution is 2.37. The molecule has 0 bridgehead atoms. The zero-order valence-electron chi connectivity index (χ0n) is 11.6. The highest BCUT2D eigenvalue weighted by molar-refractivity contribution is 5.82. The number of nitrogens with zero attached hydrogens (tertiary/aromatic N) is 1. The number of ether oxygens (including phenoxy) is 1. The number of benzene rings is 1. The number of para-hydroxylation sites is 1. The summed E-state index contributed by atoms with van der Waals surface area (Å²) in [5, 5.41) is 0. The summed E-state index contributed by atoms with van der Waals surface area (Å²) < 4.78 is 5.40. The van der Waals surface area contributed by atoms with Crippen molar-refractivity contribution in [2.24, 2.45) is 5.73 Å². The molecular weight excluding hydrogens is 240 g/mol. The van der Waals surface area contributed by atoms with Crippen LogP contribution in [0.1, 0.15) is 37.8 Å². The lowest BCUT2D eigenvalue weighted by molar-refractivity contribution is -0.133. The minimum absolute atomic E-state index is 0.0518. The second-order valence-corrected chi connectivity index (χ2v) is 4.95. The lowest BCUT2D eigenvalue weighted by Gasteiger charge is -2.28. The molecule has 1 aromatic rings. The summed E-state index contributed by atoms with van der Waals surface area (Å²) in [6.45, 7) is 2.73. The molecule has 1 heterocycles. The van der Waals surface area contributed by atoms with E-state index in [4.69, 9.17) is 10.5 Å². The van der Waals surface area contributed by atoms with Crippen LogP contribution in [0.5, 0.6) is 5.75 Å². The Morgan fingerprint density at radius 1 is 1.53 bits per heavy atom. The Morgan fingerprint density at radius 3 is 2.95 bits per heavy atom. The topological polar surface area (TPSA) is 55.6 Å². The van der Waals surface area contributed by atoms with Gasteiger partial charge in [-0.25, -0.2) is 0 Å². The predicted molar refractivity (Wildman–Crippen MR) is 74.9 cm³/mol. The van der Waals surface area contributed by atoms with Gasteiger partial charge in [-0.2, -0.15) is 0 Å². The molecule has 2 N–H and O–H groups in total. The number of carbonyl (C=O) groups is 1. The van der Waals surface area contributed by atoms with Gasteiger partial charge in [0.25, 0.3) is 0 Å². The lowest BCUT2D eigenvalue weighted by Crippen LogP contribution is -2.43. The van der Waals surface area contributed by atoms with Crippen molar-refractivity contribution in [1.82, 2.24) is 4.90 Å². The summed E-state index contributed by atoms with van der Waals surface area (Å²) in [6, 6.07) is 7.61. The van der Waals surface area contributed by atoms with Gasteiger partial charge in [0.1, 0.15) is 5.75 Å². The zero-order valence-corrected chi connectivity index (χ0v) is 11.6. The molecule has 0 aromatic heterocycles. The first-order chi connectivity index (χ1) is 9.19. The number of rotatable bonds is 4. The number of hydrogen-bond acceptors (Lipinski definition) is 3. The van der Waals surface area contributed by atoms with Crippen LogP contribution < -0.4 is 10.5 Å². The first-order valence-corrected chi connectivity index (χ1v) is 6.88. The second kappa shape index (κ2) is 6.06. The standard InChI is InChI=1S/C15H22N2O2/c1-3-12(16)15(18)17-10-6-8-13(17)11-7-4-5-9-14(11)19-2/h4-5,7,9,12-13H,3,6,8,10,16H2,1-2H3/t12-,13+/m0/s1. The molecule has 0 unspecified atom stereocenters. The van der Waals surface area contributed by atoms with E-state index in [1.807, 2.05) is 36.1 Å². The second-order valence-electron chi connectivity index (χ2n) is 4.95. The van der Waals surface area contributed by atoms with E-state index in [9.17, 15) is 4.79 Å². The molecule has 1 aromatic carbocycles. The Bertz CT molecular complexity index is 448. The highest BCUT2D eigenvalue weighted by atomic mass is 16.5. The molecule has 2 rings (SSSR count). The molecule has 1 aliphatic heterocycles. The van der Waals surface area contributed by atoms with Crippen molar-refractivity contribution in [3.05, 3.63) is 29.8 Å². The van der Waals surface area contributed by atoms with E-state index in [-0.39, 0.29) is 11.9 Å². The van der Waals surface area contributed by atoms with Crippen molar-refractivity contribution in [3.8, 4) is 5.75 Å². The summed E-state index contributed by atoms with van der Waals surface area (Å²) in [5.41, 5.74) is 6.97. The molecule has 0 aliphatic carbocycles. The Morgan fingerprint density at radius 2 is 2.26 bits per heavy atom. The van der Waals surface area contributed by atoms with Gasteiger partial charge in [-0.15, -0.1) is 0 Å². The van der Waals surface area contributed by atoms with Crippen molar-refractivity contribution in [2.45, 2.75) is 38.3 Å². The van der Waals surface area contributed by atoms with E-state index >= 15 is 0 Å². The maximum atomic E-state index is 12.3. The van der Waals surface area contributed by atoms with E-state index in [0.29, 0.717) is 6.42 Å². The van der Waals surface area contributed by atoms with Crippen molar-refractivity contribution in [1.29, 1.82) is 0 Å². The molecular formula is C15H22N2O2. The van der Waals surface area contributed by atoms with Gasteiger partial charge >= 0.3 is 0 Å². The summed E-state index contributed by atoms with van der Waals surface area (Å²) in [7, 11) is 1.66. The predicted octanol–water partition coefficient (Wildman–Crippen LogP) is 2.10. The first kappa shape index (κ1) is 13.9. The van der Waals surface area contributed by atoms with E-state index in [2.05, 4.69) is 0 Å². The Hall–Kier alpha value is -1.55. The average Bonchev–Trinajstić information content (AvgIpc) is 2.94. The van der Waals surface area contributed by atoms with Crippen LogP contribution >= 0.6 is 0 Å². The van der Waals surface area contributed by atoms with E-state index in [1.54, 1.807) is 7.11 Å². The molecule has 2 atom stereocenters. The van der Waals surface area contributed by atoms with Crippen molar-refractivity contribution in [2.75, 3.05) is 13.7 Å². The van der Waals surface area contributed by atoms with Gasteiger partial charge in [-0.05, 0) is 25.3 Å². The third kappa shape index (κ3) is 2.73. The normalized spacial score (nSPS) is 20.4. The van der Waals surface area contributed by atoms with Crippen molar-refractivity contribution in [3.63, 3.8) is 0 Å². The molecule has 4 heteroatoms. The number of hydrogen-bond donors (Lipinski definition) is 1. The third-order valence-electron chi connectivity index (χ3n) is 3.79. The van der Waals surface area contributed by atoms with E-state index in [0.717, 1.165) is 30.7 Å². The number of likely N-dealkylation sites (tertiary alicyclic amines) is 1. The van der Waals surface area contributed by atoms with Gasteiger partial charge in [-0.1, -0.05) is 25.1 Å². The molecule has 0 saturated carbocycles. The van der Waals surface area contributed by atoms with Crippen LogP contribution in [0.2, 0.25) is 0 Å². The average molecular weight is 262 g/mol. The fourth-order valence-electron chi connectivity index (χ4n) is 2.68. The van der Waals surface area contributed by atoms with Crippen LogP contribution in [0.15, 0.2) is 24.3 Å². The summed E-state index contributed by atoms with van der Waals surface area (Å²) in [5.74, 6) is 0.896. The fourth-order valence-corrected chi connectivity index (χ4v) is 2.68. The summed E-state index contributed by atoms with van der Waals surface area (Å²) in [4.78, 5) is 14.2. The van der Waals surface area contributed by atoms with Gasteiger partial charge in [0.15, 0.2) is 0 Å². The van der Waals surface area contributed by atoms with Gasteiger partial charge in [0.05, 0.1) is 19.2 Å². The van der Waals surface area contributed by atoms with E-state index in [1.165, 1.54) is 0 Å². The summed E-state index contributed by atoms with van der Waals surface area (Å²) >= 11 is 0. The minimum atomic E-state index is -0.393. The zero-order chi connectivity index (χ0) is 13.8. The monoisotopic (exact) mass is 262 g/mol. The SMILES string of the molecule is CC[C@H](N)C(=O)N1CCC[C@@H]1c1ccccc1OC. The fraction of sp³-hybridized carbons (Fsp3) is 0.533. The van der Waals surface area contributed by atoms with Crippen LogP contribution in [0.3, 0.4) is 0 Å². The third-order valence-corrected chi connectivity index (χ3v) is 3.79. The van der Waals surface area contributed by atoms with Crippen LogP contribution in [-0.2, 0) is 4.79 Å². The minimum Gasteiger partial charge on any atom is -0.496 e. The molecule has 1 saturated heterocycles. The number of amides is 1. The molecule has 4 nitrogen and oxygen atoms in total. The van der Waals surface area contributed by atoms with Gasteiger partial charge < -0.3 is 15.4 Å². The maximum absolute atomic E-state index is 12.3. The smallest absolute Gasteiger partial charge is 0.239 e. The van der Waals surface area contributed by atoms with Crippen molar-refractivity contribution >= 4 is 5.91 Å². The first-order valence-electron chi connectivity index (χ1n) is 6.88. The van der Waals surface area contributed by atoms with Crippen molar-refractivity contribution < 1.29 is 9.53 Å². The number of methoxy groups -OCH3 is 1. The van der Waals surface area contributed by atoms with Gasteiger partial charge in [0, 0.05) is 12.1 Å². The Kier molecular flexibility index (Phi) is 4.43. The largest absolute Gasteiger partial charge is 0.496 e. The van der Waals surface area contributed by atoms with Crippen LogP contribution in [0.25, 0.3) is 0 Å². The number of carbonyl (C=O) groups excluding carboxylic acids is 1. The quantitative estimate of drug-likeness (QED) is 0.904. The van der Waals surface area contributed by atoms with Gasteiger partial charge in [0.2, 0.25) is 5.91 Å². The molecule has 0 radical (unpaired) electrons. The lowest BCUT2D eigenvalue weighted by atomic mass is 10.0. The highest BCUT2D eigenvalue weighted by Gasteiger charge is 2.33. The molecule has 104 valence electrons. The maximum Gasteiger partial charge on any atom is 0.239 e. The molecule has 19 heavy (non-hydrogen) atoms. The van der Waals surface area contributed by atoms with Gasteiger partial charge in [-0.3, -0.25) is 4.79 Å². The molecule has 1 fully saturated rings. The molecule has 1 amide bonds. The number of nitrogens with two attached hydrogens (primary N) is 1. The molecule has 1 aliphatic rings. The van der Waals surface area contributed by atoms with Crippen LogP contribution in [-0.4, -0.2) is 30.5 Å². The Balaban J connectivity index is 2.25. The van der Waals surface area contributed by atoms with Crippen LogP contribution in [0, 0.1) is 0 Å². The summed E-state index contributed by atoms with van der Waals surface area (Å²) in [6.07, 6.45) is 2.67. The van der Waals surface area contributed by atoms with Crippen LogP contribution in [0.4, 0.5) is 0 Å². The molecule has 0 spiro atoms.